The van der Waals surface area contributed by atoms with E-state index in [1.54, 1.807) is 6.07 Å². The maximum Gasteiger partial charge on any atom is 0.126 e. The summed E-state index contributed by atoms with van der Waals surface area (Å²) in [6, 6.07) is 7.21. The van der Waals surface area contributed by atoms with Gasteiger partial charge in [0.05, 0.1) is 6.10 Å². The van der Waals surface area contributed by atoms with E-state index in [1.165, 1.54) is 18.9 Å². The van der Waals surface area contributed by atoms with Gasteiger partial charge in [0.2, 0.25) is 0 Å². The smallest absolute Gasteiger partial charge is 0.126 e. The number of aryl methyl sites for hydroxylation is 1. The Morgan fingerprint density at radius 2 is 2.00 bits per heavy atom. The summed E-state index contributed by atoms with van der Waals surface area (Å²) in [6.07, 6.45) is 3.78. The highest BCUT2D eigenvalue weighted by atomic mass is 19.1. The Balaban J connectivity index is 1.62. The van der Waals surface area contributed by atoms with Gasteiger partial charge in [-0.05, 0) is 57.3 Å². The van der Waals surface area contributed by atoms with Crippen LogP contribution in [0, 0.1) is 5.82 Å². The number of aliphatic hydroxyl groups is 1. The zero-order chi connectivity index (χ0) is 15.1. The third-order valence-electron chi connectivity index (χ3n) is 4.17. The molecule has 1 saturated heterocycles. The van der Waals surface area contributed by atoms with E-state index in [4.69, 9.17) is 0 Å². The minimum absolute atomic E-state index is 0.126. The summed E-state index contributed by atoms with van der Waals surface area (Å²) in [5.41, 5.74) is 0.767. The highest BCUT2D eigenvalue weighted by molar-refractivity contribution is 5.17. The van der Waals surface area contributed by atoms with Crippen molar-refractivity contribution in [3.63, 3.8) is 0 Å². The van der Waals surface area contributed by atoms with Gasteiger partial charge in [0.15, 0.2) is 0 Å². The molecule has 1 aromatic rings. The summed E-state index contributed by atoms with van der Waals surface area (Å²) >= 11 is 0. The average Bonchev–Trinajstić information content (AvgIpc) is 2.97. The molecule has 2 unspecified atom stereocenters. The molecular weight excluding hydrogens is 267 g/mol. The van der Waals surface area contributed by atoms with E-state index in [1.807, 2.05) is 12.1 Å². The van der Waals surface area contributed by atoms with Crippen molar-refractivity contribution in [3.05, 3.63) is 35.6 Å². The molecule has 1 fully saturated rings. The maximum atomic E-state index is 13.5. The van der Waals surface area contributed by atoms with Gasteiger partial charge in [-0.15, -0.1) is 0 Å². The monoisotopic (exact) mass is 294 g/mol. The molecule has 21 heavy (non-hydrogen) atoms. The molecule has 0 saturated carbocycles. The number of halogens is 1. The molecule has 0 bridgehead atoms. The second kappa shape index (κ2) is 8.47. The fraction of sp³-hybridized carbons (Fsp3) is 0.647. The lowest BCUT2D eigenvalue weighted by Gasteiger charge is -2.21. The van der Waals surface area contributed by atoms with E-state index >= 15 is 0 Å². The summed E-state index contributed by atoms with van der Waals surface area (Å²) in [5, 5.41) is 13.4. The van der Waals surface area contributed by atoms with Crippen LogP contribution in [0.15, 0.2) is 24.3 Å². The summed E-state index contributed by atoms with van der Waals surface area (Å²) < 4.78 is 13.5. The molecule has 2 atom stereocenters. The van der Waals surface area contributed by atoms with Crippen LogP contribution in [0.2, 0.25) is 0 Å². The van der Waals surface area contributed by atoms with Gasteiger partial charge >= 0.3 is 0 Å². The number of hydrogen-bond acceptors (Lipinski definition) is 3. The molecule has 1 aromatic carbocycles. The van der Waals surface area contributed by atoms with Gasteiger partial charge in [-0.2, -0.15) is 0 Å². The van der Waals surface area contributed by atoms with Gasteiger partial charge in [0, 0.05) is 19.1 Å². The van der Waals surface area contributed by atoms with Crippen molar-refractivity contribution in [2.75, 3.05) is 26.2 Å². The fourth-order valence-corrected chi connectivity index (χ4v) is 2.84. The molecule has 3 nitrogen and oxygen atoms in total. The first-order valence-corrected chi connectivity index (χ1v) is 8.02. The van der Waals surface area contributed by atoms with Gasteiger partial charge < -0.3 is 15.3 Å². The summed E-state index contributed by atoms with van der Waals surface area (Å²) in [5.74, 6) is -0.126. The Hall–Kier alpha value is -0.970. The highest BCUT2D eigenvalue weighted by Gasteiger charge is 2.16. The van der Waals surface area contributed by atoms with Crippen molar-refractivity contribution < 1.29 is 9.50 Å². The Morgan fingerprint density at radius 1 is 1.29 bits per heavy atom. The predicted molar refractivity (Wildman–Crippen MR) is 83.9 cm³/mol. The molecule has 1 aliphatic heterocycles. The number of hydrogen-bond donors (Lipinski definition) is 2. The van der Waals surface area contributed by atoms with E-state index < -0.39 is 0 Å². The first-order chi connectivity index (χ1) is 10.1. The number of likely N-dealkylation sites (tertiary alicyclic amines) is 1. The van der Waals surface area contributed by atoms with Crippen molar-refractivity contribution in [1.82, 2.24) is 10.2 Å². The van der Waals surface area contributed by atoms with Gasteiger partial charge in [0.1, 0.15) is 5.82 Å². The highest BCUT2D eigenvalue weighted by Crippen LogP contribution is 2.10. The van der Waals surface area contributed by atoms with Crippen LogP contribution in [0.25, 0.3) is 0 Å². The largest absolute Gasteiger partial charge is 0.390 e. The molecule has 2 rings (SSSR count). The van der Waals surface area contributed by atoms with Gasteiger partial charge in [-0.25, -0.2) is 4.39 Å². The molecule has 1 heterocycles. The standard InChI is InChI=1S/C17H27FN2O/c1-14(8-9-15-6-2-3-7-17(15)18)19-12-16(21)13-20-10-4-5-11-20/h2-3,6-7,14,16,19,21H,4-5,8-13H2,1H3. The normalized spacial score (nSPS) is 18.8. The molecule has 118 valence electrons. The topological polar surface area (TPSA) is 35.5 Å². The van der Waals surface area contributed by atoms with E-state index in [0.29, 0.717) is 6.54 Å². The van der Waals surface area contributed by atoms with Crippen LogP contribution in [0.3, 0.4) is 0 Å². The van der Waals surface area contributed by atoms with Crippen molar-refractivity contribution in [1.29, 1.82) is 0 Å². The number of nitrogens with one attached hydrogen (secondary N) is 1. The third-order valence-corrected chi connectivity index (χ3v) is 4.17. The fourth-order valence-electron chi connectivity index (χ4n) is 2.84. The summed E-state index contributed by atoms with van der Waals surface area (Å²) in [6.45, 7) is 5.67. The molecular formula is C17H27FN2O. The SMILES string of the molecule is CC(CCc1ccccc1F)NCC(O)CN1CCCC1. The van der Waals surface area contributed by atoms with Crippen LogP contribution >= 0.6 is 0 Å². The Kier molecular flexibility index (Phi) is 6.61. The quantitative estimate of drug-likeness (QED) is 0.771. The summed E-state index contributed by atoms with van der Waals surface area (Å²) in [4.78, 5) is 2.32. The van der Waals surface area contributed by atoms with E-state index in [2.05, 4.69) is 17.1 Å². The average molecular weight is 294 g/mol. The first kappa shape index (κ1) is 16.4. The van der Waals surface area contributed by atoms with Crippen LogP contribution in [-0.2, 0) is 6.42 Å². The second-order valence-corrected chi connectivity index (χ2v) is 6.10. The summed E-state index contributed by atoms with van der Waals surface area (Å²) in [7, 11) is 0. The number of aliphatic hydroxyl groups excluding tert-OH is 1. The van der Waals surface area contributed by atoms with Gasteiger partial charge in [-0.1, -0.05) is 18.2 Å². The van der Waals surface area contributed by atoms with E-state index in [0.717, 1.165) is 38.0 Å². The lowest BCUT2D eigenvalue weighted by molar-refractivity contribution is 0.120. The first-order valence-electron chi connectivity index (χ1n) is 8.02. The van der Waals surface area contributed by atoms with Crippen LogP contribution < -0.4 is 5.32 Å². The van der Waals surface area contributed by atoms with Crippen molar-refractivity contribution >= 4 is 0 Å². The number of rotatable bonds is 8. The van der Waals surface area contributed by atoms with E-state index in [9.17, 15) is 9.50 Å². The van der Waals surface area contributed by atoms with Crippen LogP contribution in [0.5, 0.6) is 0 Å². The number of benzene rings is 1. The minimum atomic E-state index is -0.320. The lowest BCUT2D eigenvalue weighted by Crippen LogP contribution is -2.40. The minimum Gasteiger partial charge on any atom is -0.390 e. The van der Waals surface area contributed by atoms with Crippen molar-refractivity contribution in [2.24, 2.45) is 0 Å². The Labute approximate surface area is 127 Å². The molecule has 0 amide bonds. The maximum absolute atomic E-state index is 13.5. The Bertz CT molecular complexity index is 421. The lowest BCUT2D eigenvalue weighted by atomic mass is 10.1. The number of β-amino-alcohol motifs (C(OH)–C–C–N with tert-alkyl or cyclic N) is 1. The predicted octanol–water partition coefficient (Wildman–Crippen LogP) is 2.19. The molecule has 0 aromatic heterocycles. The molecule has 4 heteroatoms. The van der Waals surface area contributed by atoms with Crippen molar-refractivity contribution in [3.8, 4) is 0 Å². The van der Waals surface area contributed by atoms with Crippen LogP contribution in [-0.4, -0.2) is 48.3 Å². The zero-order valence-electron chi connectivity index (χ0n) is 12.9. The molecule has 2 N–H and O–H groups in total. The number of nitrogens with zero attached hydrogens (tertiary/aromatic N) is 1. The second-order valence-electron chi connectivity index (χ2n) is 6.10. The van der Waals surface area contributed by atoms with Crippen molar-refractivity contribution in [2.45, 2.75) is 44.8 Å². The van der Waals surface area contributed by atoms with Gasteiger partial charge in [-0.3, -0.25) is 0 Å². The third kappa shape index (κ3) is 5.73. The van der Waals surface area contributed by atoms with E-state index in [-0.39, 0.29) is 18.0 Å². The zero-order valence-corrected chi connectivity index (χ0v) is 12.9. The Morgan fingerprint density at radius 3 is 2.71 bits per heavy atom. The van der Waals surface area contributed by atoms with Gasteiger partial charge in [0.25, 0.3) is 0 Å². The molecule has 1 aliphatic rings. The molecule has 0 aliphatic carbocycles. The molecule has 0 radical (unpaired) electrons. The van der Waals surface area contributed by atoms with Crippen LogP contribution in [0.4, 0.5) is 4.39 Å². The van der Waals surface area contributed by atoms with Crippen LogP contribution in [0.1, 0.15) is 31.7 Å². The molecule has 0 spiro atoms.